The lowest BCUT2D eigenvalue weighted by molar-refractivity contribution is 0.234. The molecule has 1 fully saturated rings. The van der Waals surface area contributed by atoms with Gasteiger partial charge in [0, 0.05) is 0 Å². The Kier molecular flexibility index (Phi) is 2.66. The van der Waals surface area contributed by atoms with Crippen molar-refractivity contribution >= 4 is 0 Å². The molecule has 0 spiro atoms. The van der Waals surface area contributed by atoms with E-state index >= 15 is 0 Å². The predicted octanol–water partition coefficient (Wildman–Crippen LogP) is 4.06. The van der Waals surface area contributed by atoms with Crippen LogP contribution in [-0.2, 0) is 4.74 Å². The number of ether oxygens (including phenoxy) is 1. The molecule has 0 aliphatic heterocycles. The number of fused-ring (bicyclic) bond motifs is 1. The molecule has 1 unspecified atom stereocenters. The molecule has 0 aromatic heterocycles. The first-order chi connectivity index (χ1) is 7.02. The van der Waals surface area contributed by atoms with Gasteiger partial charge in [-0.3, -0.25) is 0 Å². The molecule has 15 heavy (non-hydrogen) atoms. The first-order valence-corrected chi connectivity index (χ1v) is 5.96. The lowest BCUT2D eigenvalue weighted by Gasteiger charge is -2.39. The minimum Gasteiger partial charge on any atom is -0.497 e. The van der Waals surface area contributed by atoms with Crippen molar-refractivity contribution < 1.29 is 4.74 Å². The molecule has 0 heterocycles. The molecule has 1 nitrogen and oxygen atoms in total. The fraction of sp³-hybridized carbons (Fsp3) is 0.714. The summed E-state index contributed by atoms with van der Waals surface area (Å²) in [6, 6.07) is 0. The first-order valence-electron chi connectivity index (χ1n) is 5.96. The van der Waals surface area contributed by atoms with E-state index in [1.807, 2.05) is 0 Å². The molecule has 1 atom stereocenters. The van der Waals surface area contributed by atoms with Crippen LogP contribution in [0.15, 0.2) is 23.0 Å². The third kappa shape index (κ3) is 2.11. The molecule has 0 amide bonds. The lowest BCUT2D eigenvalue weighted by atomic mass is 9.67. The van der Waals surface area contributed by atoms with Crippen LogP contribution in [0.1, 0.15) is 46.5 Å². The van der Waals surface area contributed by atoms with Crippen molar-refractivity contribution in [1.29, 1.82) is 0 Å². The molecule has 0 radical (unpaired) electrons. The second kappa shape index (κ2) is 3.70. The molecule has 0 aromatic rings. The summed E-state index contributed by atoms with van der Waals surface area (Å²) in [5.41, 5.74) is 3.53. The van der Waals surface area contributed by atoms with Crippen LogP contribution in [0.3, 0.4) is 0 Å². The van der Waals surface area contributed by atoms with Crippen molar-refractivity contribution in [2.24, 2.45) is 11.3 Å². The van der Waals surface area contributed by atoms with Gasteiger partial charge in [-0.05, 0) is 55.6 Å². The highest BCUT2D eigenvalue weighted by Crippen LogP contribution is 2.46. The Morgan fingerprint density at radius 3 is 2.80 bits per heavy atom. The van der Waals surface area contributed by atoms with Crippen LogP contribution in [-0.4, -0.2) is 7.11 Å². The zero-order valence-corrected chi connectivity index (χ0v) is 10.4. The number of allylic oxidation sites excluding steroid dienone is 3. The van der Waals surface area contributed by atoms with E-state index in [-0.39, 0.29) is 0 Å². The maximum absolute atomic E-state index is 5.42. The fourth-order valence-electron chi connectivity index (χ4n) is 2.93. The van der Waals surface area contributed by atoms with Crippen molar-refractivity contribution in [2.75, 3.05) is 7.11 Å². The second-order valence-electron chi connectivity index (χ2n) is 5.85. The molecule has 2 aliphatic carbocycles. The van der Waals surface area contributed by atoms with E-state index in [9.17, 15) is 0 Å². The van der Waals surface area contributed by atoms with E-state index in [2.05, 4.69) is 26.8 Å². The van der Waals surface area contributed by atoms with E-state index in [0.717, 1.165) is 11.7 Å². The van der Waals surface area contributed by atoms with Crippen molar-refractivity contribution in [3.63, 3.8) is 0 Å². The van der Waals surface area contributed by atoms with Gasteiger partial charge >= 0.3 is 0 Å². The molecule has 1 saturated carbocycles. The molecule has 84 valence electrons. The predicted molar refractivity (Wildman–Crippen MR) is 63.5 cm³/mol. The summed E-state index contributed by atoms with van der Waals surface area (Å²) in [7, 11) is 1.78. The quantitative estimate of drug-likeness (QED) is 0.628. The second-order valence-corrected chi connectivity index (χ2v) is 5.85. The lowest BCUT2D eigenvalue weighted by Crippen LogP contribution is -2.25. The normalized spacial score (nSPS) is 29.6. The topological polar surface area (TPSA) is 9.23 Å². The van der Waals surface area contributed by atoms with Crippen LogP contribution >= 0.6 is 0 Å². The Bertz CT molecular complexity index is 320. The smallest absolute Gasteiger partial charge is 0.117 e. The van der Waals surface area contributed by atoms with Gasteiger partial charge in [0.05, 0.1) is 7.11 Å². The summed E-state index contributed by atoms with van der Waals surface area (Å²) in [6.07, 6.45) is 7.48. The Labute approximate surface area is 93.2 Å². The number of hydrogen-bond acceptors (Lipinski definition) is 1. The third-order valence-electron chi connectivity index (χ3n) is 3.89. The van der Waals surface area contributed by atoms with E-state index < -0.39 is 0 Å². The molecule has 1 heteroatoms. The molecule has 0 aromatic carbocycles. The van der Waals surface area contributed by atoms with Gasteiger partial charge in [-0.2, -0.15) is 0 Å². The van der Waals surface area contributed by atoms with Crippen LogP contribution < -0.4 is 0 Å². The van der Waals surface area contributed by atoms with Crippen molar-refractivity contribution in [1.82, 2.24) is 0 Å². The summed E-state index contributed by atoms with van der Waals surface area (Å²) in [6.45, 7) is 6.95. The van der Waals surface area contributed by atoms with Crippen LogP contribution in [0.5, 0.6) is 0 Å². The number of methoxy groups -OCH3 is 1. The van der Waals surface area contributed by atoms with Crippen molar-refractivity contribution in [2.45, 2.75) is 46.5 Å². The zero-order valence-electron chi connectivity index (χ0n) is 10.4. The molecule has 0 bridgehead atoms. The molecular weight excluding hydrogens is 184 g/mol. The van der Waals surface area contributed by atoms with Gasteiger partial charge in [0.1, 0.15) is 5.76 Å². The molecular formula is C14H22O. The maximum Gasteiger partial charge on any atom is 0.117 e. The SMILES string of the molecule is COC1=C(C)CC2CCC(C)(C)CC2=C1. The monoisotopic (exact) mass is 206 g/mol. The third-order valence-corrected chi connectivity index (χ3v) is 3.89. The van der Waals surface area contributed by atoms with Crippen LogP contribution in [0.25, 0.3) is 0 Å². The summed E-state index contributed by atoms with van der Waals surface area (Å²) in [5.74, 6) is 1.91. The molecule has 0 saturated heterocycles. The Morgan fingerprint density at radius 2 is 2.13 bits per heavy atom. The highest BCUT2D eigenvalue weighted by molar-refractivity contribution is 5.32. The standard InChI is InChI=1S/C14H22O/c1-10-7-11-5-6-14(2,3)9-12(11)8-13(10)15-4/h8,11H,5-7,9H2,1-4H3. The van der Waals surface area contributed by atoms with Gasteiger partial charge in [0.25, 0.3) is 0 Å². The Hall–Kier alpha value is -0.720. The van der Waals surface area contributed by atoms with Crippen LogP contribution in [0.4, 0.5) is 0 Å². The Balaban J connectivity index is 2.24. The van der Waals surface area contributed by atoms with Gasteiger partial charge in [-0.1, -0.05) is 19.4 Å². The minimum absolute atomic E-state index is 0.492. The van der Waals surface area contributed by atoms with E-state index in [1.165, 1.54) is 31.3 Å². The fourth-order valence-corrected chi connectivity index (χ4v) is 2.93. The Morgan fingerprint density at radius 1 is 1.40 bits per heavy atom. The summed E-state index contributed by atoms with van der Waals surface area (Å²) >= 11 is 0. The van der Waals surface area contributed by atoms with Crippen molar-refractivity contribution in [3.05, 3.63) is 23.0 Å². The number of hydrogen-bond donors (Lipinski definition) is 0. The van der Waals surface area contributed by atoms with Crippen molar-refractivity contribution in [3.8, 4) is 0 Å². The minimum atomic E-state index is 0.492. The van der Waals surface area contributed by atoms with E-state index in [1.54, 1.807) is 12.7 Å². The van der Waals surface area contributed by atoms with Gasteiger partial charge in [0.2, 0.25) is 0 Å². The average Bonchev–Trinajstić information content (AvgIpc) is 2.17. The van der Waals surface area contributed by atoms with Gasteiger partial charge in [-0.15, -0.1) is 0 Å². The van der Waals surface area contributed by atoms with Gasteiger partial charge in [-0.25, -0.2) is 0 Å². The van der Waals surface area contributed by atoms with E-state index in [0.29, 0.717) is 5.41 Å². The van der Waals surface area contributed by atoms with Gasteiger partial charge in [0.15, 0.2) is 0 Å². The van der Waals surface area contributed by atoms with Gasteiger partial charge < -0.3 is 4.74 Å². The number of rotatable bonds is 1. The highest BCUT2D eigenvalue weighted by Gasteiger charge is 2.32. The largest absolute Gasteiger partial charge is 0.497 e. The van der Waals surface area contributed by atoms with Crippen LogP contribution in [0.2, 0.25) is 0 Å². The summed E-state index contributed by atoms with van der Waals surface area (Å²) < 4.78 is 5.42. The first kappa shape index (κ1) is 10.8. The summed E-state index contributed by atoms with van der Waals surface area (Å²) in [5, 5.41) is 0. The van der Waals surface area contributed by atoms with Crippen LogP contribution in [0, 0.1) is 11.3 Å². The highest BCUT2D eigenvalue weighted by atomic mass is 16.5. The summed E-state index contributed by atoms with van der Waals surface area (Å²) in [4.78, 5) is 0. The average molecular weight is 206 g/mol. The van der Waals surface area contributed by atoms with E-state index in [4.69, 9.17) is 4.74 Å². The molecule has 0 N–H and O–H groups in total. The zero-order chi connectivity index (χ0) is 11.1. The molecule has 2 aliphatic rings. The molecule has 2 rings (SSSR count). The maximum atomic E-state index is 5.42.